The van der Waals surface area contributed by atoms with Gasteiger partial charge in [-0.25, -0.2) is 0 Å². The lowest BCUT2D eigenvalue weighted by atomic mass is 10.0. The number of aliphatic imine (C=N–C) groups is 2. The minimum atomic E-state index is 0.322. The Kier molecular flexibility index (Phi) is 4.20. The molecule has 0 amide bonds. The number of hydrogen-bond donors (Lipinski definition) is 1. The molecule has 0 aromatic heterocycles. The minimum absolute atomic E-state index is 0.322. The third-order valence-electron chi connectivity index (χ3n) is 3.45. The number of nitrogens with two attached hydrogens (primary N) is 1. The van der Waals surface area contributed by atoms with Gasteiger partial charge in [0.15, 0.2) is 5.75 Å². The first kappa shape index (κ1) is 13.6. The van der Waals surface area contributed by atoms with Crippen molar-refractivity contribution < 1.29 is 4.74 Å². The van der Waals surface area contributed by atoms with Crippen LogP contribution in [0, 0.1) is 6.92 Å². The Labute approximate surface area is 114 Å². The number of benzene rings is 1. The van der Waals surface area contributed by atoms with Gasteiger partial charge in [0.2, 0.25) is 0 Å². The molecule has 0 saturated heterocycles. The maximum absolute atomic E-state index is 5.99. The van der Waals surface area contributed by atoms with Crippen molar-refractivity contribution in [1.29, 1.82) is 0 Å². The molecule has 1 aliphatic heterocycles. The number of methoxy groups -OCH3 is 1. The van der Waals surface area contributed by atoms with Crippen molar-refractivity contribution in [3.05, 3.63) is 23.3 Å². The highest BCUT2D eigenvalue weighted by Crippen LogP contribution is 2.30. The van der Waals surface area contributed by atoms with E-state index in [1.165, 1.54) is 0 Å². The van der Waals surface area contributed by atoms with E-state index in [4.69, 9.17) is 15.5 Å². The molecular weight excluding hydrogens is 238 g/mol. The van der Waals surface area contributed by atoms with Gasteiger partial charge in [0.05, 0.1) is 24.6 Å². The summed E-state index contributed by atoms with van der Waals surface area (Å²) in [6, 6.07) is 4.18. The molecule has 1 atom stereocenters. The average Bonchev–Trinajstić information content (AvgIpc) is 2.66. The molecule has 1 unspecified atom stereocenters. The van der Waals surface area contributed by atoms with Gasteiger partial charge in [-0.3, -0.25) is 9.98 Å². The zero-order valence-corrected chi connectivity index (χ0v) is 11.8. The van der Waals surface area contributed by atoms with E-state index in [1.807, 2.05) is 25.3 Å². The van der Waals surface area contributed by atoms with Gasteiger partial charge in [0.25, 0.3) is 0 Å². The van der Waals surface area contributed by atoms with Crippen LogP contribution in [0.15, 0.2) is 22.1 Å². The zero-order valence-electron chi connectivity index (χ0n) is 11.8. The molecule has 2 rings (SSSR count). The highest BCUT2D eigenvalue weighted by Gasteiger charge is 2.17. The second-order valence-electron chi connectivity index (χ2n) is 4.78. The molecule has 0 saturated carbocycles. The minimum Gasteiger partial charge on any atom is -0.494 e. The summed E-state index contributed by atoms with van der Waals surface area (Å²) >= 11 is 0. The van der Waals surface area contributed by atoms with E-state index in [0.29, 0.717) is 17.5 Å². The molecule has 2 N–H and O–H groups in total. The van der Waals surface area contributed by atoms with Gasteiger partial charge in [-0.1, -0.05) is 13.0 Å². The third-order valence-corrected chi connectivity index (χ3v) is 3.45. The lowest BCUT2D eigenvalue weighted by Crippen LogP contribution is -2.12. The van der Waals surface area contributed by atoms with E-state index >= 15 is 0 Å². The maximum atomic E-state index is 5.99. The van der Waals surface area contributed by atoms with Crippen LogP contribution in [0.1, 0.15) is 30.9 Å². The van der Waals surface area contributed by atoms with Crippen LogP contribution in [0.5, 0.6) is 5.75 Å². The van der Waals surface area contributed by atoms with Gasteiger partial charge in [-0.15, -0.1) is 0 Å². The lowest BCUT2D eigenvalue weighted by Gasteiger charge is -2.15. The summed E-state index contributed by atoms with van der Waals surface area (Å²) in [6.45, 7) is 5.02. The highest BCUT2D eigenvalue weighted by atomic mass is 16.5. The Bertz CT molecular complexity index is 520. The van der Waals surface area contributed by atoms with Crippen molar-refractivity contribution >= 4 is 17.6 Å². The second kappa shape index (κ2) is 5.87. The van der Waals surface area contributed by atoms with Crippen LogP contribution in [-0.2, 0) is 0 Å². The fourth-order valence-corrected chi connectivity index (χ4v) is 2.33. The van der Waals surface area contributed by atoms with Crippen LogP contribution in [0.25, 0.3) is 0 Å². The summed E-state index contributed by atoms with van der Waals surface area (Å²) in [5, 5.41) is 0. The van der Waals surface area contributed by atoms with Crippen LogP contribution in [-0.4, -0.2) is 31.6 Å². The number of hydrogen-bond acceptors (Lipinski definition) is 4. The number of nitrogen functional groups attached to an aromatic ring is 1. The molecule has 0 aliphatic carbocycles. The van der Waals surface area contributed by atoms with E-state index in [9.17, 15) is 0 Å². The monoisotopic (exact) mass is 259 g/mol. The predicted octanol–water partition coefficient (Wildman–Crippen LogP) is 2.63. The summed E-state index contributed by atoms with van der Waals surface area (Å²) < 4.78 is 5.45. The zero-order chi connectivity index (χ0) is 13.8. The van der Waals surface area contributed by atoms with Gasteiger partial charge in [0.1, 0.15) is 0 Å². The second-order valence-corrected chi connectivity index (χ2v) is 4.78. The molecule has 1 heterocycles. The van der Waals surface area contributed by atoms with Crippen LogP contribution < -0.4 is 10.5 Å². The third kappa shape index (κ3) is 2.78. The molecule has 1 aromatic rings. The smallest absolute Gasteiger partial charge is 0.151 e. The molecule has 4 nitrogen and oxygen atoms in total. The number of anilines is 1. The molecule has 0 radical (unpaired) electrons. The van der Waals surface area contributed by atoms with Gasteiger partial charge in [-0.2, -0.15) is 0 Å². The Morgan fingerprint density at radius 1 is 1.42 bits per heavy atom. The summed E-state index contributed by atoms with van der Waals surface area (Å²) in [4.78, 5) is 9.23. The van der Waals surface area contributed by atoms with Crippen LogP contribution in [0.4, 0.5) is 5.69 Å². The Balaban J connectivity index is 2.56. The van der Waals surface area contributed by atoms with Gasteiger partial charge < -0.3 is 10.5 Å². The van der Waals surface area contributed by atoms with Crippen LogP contribution in [0.3, 0.4) is 0 Å². The van der Waals surface area contributed by atoms with E-state index in [0.717, 1.165) is 36.2 Å². The fourth-order valence-electron chi connectivity index (χ4n) is 2.33. The van der Waals surface area contributed by atoms with Crippen molar-refractivity contribution in [2.75, 3.05) is 19.4 Å². The Morgan fingerprint density at radius 3 is 2.89 bits per heavy atom. The quantitative estimate of drug-likeness (QED) is 0.848. The normalized spacial score (nSPS) is 18.9. The summed E-state index contributed by atoms with van der Waals surface area (Å²) in [5.74, 6) is 0.696. The molecule has 1 aliphatic rings. The number of rotatable bonds is 3. The molecule has 19 heavy (non-hydrogen) atoms. The average molecular weight is 259 g/mol. The summed E-state index contributed by atoms with van der Waals surface area (Å²) in [6.07, 6.45) is 3.87. The largest absolute Gasteiger partial charge is 0.494 e. The summed E-state index contributed by atoms with van der Waals surface area (Å²) in [5.41, 5.74) is 9.57. The topological polar surface area (TPSA) is 60.0 Å². The number of aryl methyl sites for hydroxylation is 1. The first-order valence-corrected chi connectivity index (χ1v) is 6.68. The Morgan fingerprint density at radius 2 is 2.21 bits per heavy atom. The molecule has 0 bridgehead atoms. The van der Waals surface area contributed by atoms with E-state index in [1.54, 1.807) is 7.11 Å². The predicted molar refractivity (Wildman–Crippen MR) is 80.7 cm³/mol. The molecule has 0 spiro atoms. The first-order valence-electron chi connectivity index (χ1n) is 6.68. The van der Waals surface area contributed by atoms with Crippen LogP contribution >= 0.6 is 0 Å². The van der Waals surface area contributed by atoms with Crippen molar-refractivity contribution in [3.8, 4) is 5.75 Å². The molecule has 1 aromatic carbocycles. The van der Waals surface area contributed by atoms with E-state index < -0.39 is 0 Å². The van der Waals surface area contributed by atoms with Crippen molar-refractivity contribution in [2.45, 2.75) is 32.7 Å². The van der Waals surface area contributed by atoms with Gasteiger partial charge in [-0.05, 0) is 31.4 Å². The number of nitrogens with zero attached hydrogens (tertiary/aromatic N) is 2. The van der Waals surface area contributed by atoms with Gasteiger partial charge >= 0.3 is 0 Å². The van der Waals surface area contributed by atoms with E-state index in [-0.39, 0.29) is 0 Å². The Hall–Kier alpha value is -1.84. The standard InChI is InChI=1S/C15H21N3O/c1-4-11-7-8-17-9-13(18-11)14-10(2)5-6-12(16)15(14)19-3/h5-6,9,11H,4,7-8,16H2,1-3H3. The van der Waals surface area contributed by atoms with Gasteiger partial charge in [0, 0.05) is 18.3 Å². The first-order chi connectivity index (χ1) is 9.17. The SMILES string of the molecule is CCC1CCN=CC(c2c(C)ccc(N)c2OC)=N1. The van der Waals surface area contributed by atoms with Crippen molar-refractivity contribution in [2.24, 2.45) is 9.98 Å². The lowest BCUT2D eigenvalue weighted by molar-refractivity contribution is 0.416. The van der Waals surface area contributed by atoms with Crippen molar-refractivity contribution in [1.82, 2.24) is 0 Å². The highest BCUT2D eigenvalue weighted by molar-refractivity contribution is 6.39. The molecular formula is C15H21N3O. The number of ether oxygens (including phenoxy) is 1. The fraction of sp³-hybridized carbons (Fsp3) is 0.467. The molecule has 102 valence electrons. The van der Waals surface area contributed by atoms with E-state index in [2.05, 4.69) is 11.9 Å². The maximum Gasteiger partial charge on any atom is 0.151 e. The molecule has 4 heteroatoms. The summed E-state index contributed by atoms with van der Waals surface area (Å²) in [7, 11) is 1.64. The van der Waals surface area contributed by atoms with Crippen molar-refractivity contribution in [3.63, 3.8) is 0 Å². The van der Waals surface area contributed by atoms with Crippen LogP contribution in [0.2, 0.25) is 0 Å². The molecule has 0 fully saturated rings.